The van der Waals surface area contributed by atoms with Crippen molar-refractivity contribution < 1.29 is 0 Å². The topological polar surface area (TPSA) is 12.0 Å². The van der Waals surface area contributed by atoms with Crippen LogP contribution in [0.25, 0.3) is 0 Å². The van der Waals surface area contributed by atoms with Crippen LogP contribution < -0.4 is 5.32 Å². The van der Waals surface area contributed by atoms with Crippen molar-refractivity contribution >= 4 is 11.8 Å². The first-order chi connectivity index (χ1) is 7.43. The summed E-state index contributed by atoms with van der Waals surface area (Å²) in [7, 11) is 0. The maximum atomic E-state index is 3.76. The van der Waals surface area contributed by atoms with Gasteiger partial charge >= 0.3 is 0 Å². The summed E-state index contributed by atoms with van der Waals surface area (Å²) in [6, 6.07) is 0. The molecule has 1 nitrogen and oxygen atoms in total. The average Bonchev–Trinajstić information content (AvgIpc) is 3.15. The van der Waals surface area contributed by atoms with Gasteiger partial charge in [-0.3, -0.25) is 0 Å². The van der Waals surface area contributed by atoms with E-state index in [1.165, 1.54) is 56.7 Å². The zero-order valence-corrected chi connectivity index (χ0v) is 10.4. The molecule has 2 saturated carbocycles. The largest absolute Gasteiger partial charge is 0.316 e. The molecule has 3 aliphatic rings. The summed E-state index contributed by atoms with van der Waals surface area (Å²) in [5.41, 5.74) is 0. The molecule has 1 N–H and O–H groups in total. The Morgan fingerprint density at radius 1 is 1.07 bits per heavy atom. The first kappa shape index (κ1) is 10.5. The number of rotatable bonds is 6. The molecule has 0 bridgehead atoms. The maximum Gasteiger partial charge on any atom is -0.00122 e. The normalized spacial score (nSPS) is 31.4. The van der Waals surface area contributed by atoms with Crippen molar-refractivity contribution in [3.05, 3.63) is 0 Å². The molecule has 86 valence electrons. The van der Waals surface area contributed by atoms with E-state index in [4.69, 9.17) is 0 Å². The van der Waals surface area contributed by atoms with E-state index in [1.54, 1.807) is 0 Å². The second kappa shape index (κ2) is 4.67. The Morgan fingerprint density at radius 2 is 1.80 bits per heavy atom. The Bertz CT molecular complexity index is 193. The molecule has 1 unspecified atom stereocenters. The number of nitrogens with one attached hydrogen (secondary N) is 1. The van der Waals surface area contributed by atoms with Crippen LogP contribution in [0, 0.1) is 23.7 Å². The van der Waals surface area contributed by atoms with Gasteiger partial charge in [0.1, 0.15) is 0 Å². The van der Waals surface area contributed by atoms with Crippen LogP contribution in [-0.4, -0.2) is 24.6 Å². The van der Waals surface area contributed by atoms with Gasteiger partial charge in [-0.15, -0.1) is 0 Å². The molecule has 1 saturated heterocycles. The minimum absolute atomic E-state index is 0.981. The van der Waals surface area contributed by atoms with Crippen LogP contribution in [0.2, 0.25) is 0 Å². The van der Waals surface area contributed by atoms with Gasteiger partial charge in [0, 0.05) is 0 Å². The van der Waals surface area contributed by atoms with Gasteiger partial charge in [-0.1, -0.05) is 0 Å². The third-order valence-corrected chi connectivity index (χ3v) is 5.52. The maximum absolute atomic E-state index is 3.76. The fraction of sp³-hybridized carbons (Fsp3) is 1.00. The molecular formula is C13H23NS. The van der Waals surface area contributed by atoms with Crippen LogP contribution in [0.1, 0.15) is 32.1 Å². The lowest BCUT2D eigenvalue weighted by Gasteiger charge is -2.17. The van der Waals surface area contributed by atoms with Gasteiger partial charge in [-0.2, -0.15) is 11.8 Å². The lowest BCUT2D eigenvalue weighted by Crippen LogP contribution is -2.30. The summed E-state index contributed by atoms with van der Waals surface area (Å²) < 4.78 is 0. The first-order valence-corrected chi connectivity index (χ1v) is 7.87. The third kappa shape index (κ3) is 2.91. The van der Waals surface area contributed by atoms with Crippen molar-refractivity contribution in [3.8, 4) is 0 Å². The SMILES string of the molecule is C1CC(CNCC(C2CC2)C2CC2)CS1. The molecule has 2 heteroatoms. The van der Waals surface area contributed by atoms with Gasteiger partial charge in [0.2, 0.25) is 0 Å². The van der Waals surface area contributed by atoms with E-state index >= 15 is 0 Å². The highest BCUT2D eigenvalue weighted by Crippen LogP contribution is 2.48. The van der Waals surface area contributed by atoms with Gasteiger partial charge in [0.25, 0.3) is 0 Å². The standard InChI is InChI=1S/C13H23NS/c1-2-11(1)13(12-3-4-12)8-14-7-10-5-6-15-9-10/h10-14H,1-9H2. The predicted octanol–water partition coefficient (Wildman–Crippen LogP) is 2.77. The quantitative estimate of drug-likeness (QED) is 0.746. The molecule has 0 aromatic carbocycles. The molecule has 0 spiro atoms. The van der Waals surface area contributed by atoms with Crippen LogP contribution in [-0.2, 0) is 0 Å². The van der Waals surface area contributed by atoms with Gasteiger partial charge in [-0.05, 0) is 80.4 Å². The van der Waals surface area contributed by atoms with Crippen molar-refractivity contribution in [1.82, 2.24) is 5.32 Å². The molecule has 0 aromatic rings. The molecule has 1 aliphatic heterocycles. The molecule has 2 aliphatic carbocycles. The molecule has 0 aromatic heterocycles. The summed E-state index contributed by atoms with van der Waals surface area (Å²) in [5, 5.41) is 3.76. The smallest absolute Gasteiger partial charge is 0.00122 e. The Hall–Kier alpha value is 0.310. The van der Waals surface area contributed by atoms with Gasteiger partial charge in [-0.25, -0.2) is 0 Å². The lowest BCUT2D eigenvalue weighted by molar-refractivity contribution is 0.366. The van der Waals surface area contributed by atoms with E-state index in [2.05, 4.69) is 17.1 Å². The van der Waals surface area contributed by atoms with E-state index in [9.17, 15) is 0 Å². The summed E-state index contributed by atoms with van der Waals surface area (Å²) >= 11 is 2.14. The highest BCUT2D eigenvalue weighted by atomic mass is 32.2. The Kier molecular flexibility index (Phi) is 3.25. The summed E-state index contributed by atoms with van der Waals surface area (Å²) in [4.78, 5) is 0. The number of hydrogen-bond donors (Lipinski definition) is 1. The van der Waals surface area contributed by atoms with Crippen molar-refractivity contribution in [2.75, 3.05) is 24.6 Å². The molecular weight excluding hydrogens is 202 g/mol. The predicted molar refractivity (Wildman–Crippen MR) is 67.2 cm³/mol. The first-order valence-electron chi connectivity index (χ1n) is 6.72. The van der Waals surface area contributed by atoms with E-state index in [0.29, 0.717) is 0 Å². The van der Waals surface area contributed by atoms with Crippen molar-refractivity contribution in [1.29, 1.82) is 0 Å². The molecule has 3 rings (SSSR count). The third-order valence-electron chi connectivity index (χ3n) is 4.29. The fourth-order valence-corrected chi connectivity index (χ4v) is 4.25. The summed E-state index contributed by atoms with van der Waals surface area (Å²) in [5.74, 6) is 7.07. The van der Waals surface area contributed by atoms with Gasteiger partial charge in [0.05, 0.1) is 0 Å². The molecule has 15 heavy (non-hydrogen) atoms. The van der Waals surface area contributed by atoms with Crippen LogP contribution in [0.5, 0.6) is 0 Å². The zero-order chi connectivity index (χ0) is 10.1. The summed E-state index contributed by atoms with van der Waals surface area (Å²) in [6.07, 6.45) is 7.57. The van der Waals surface area contributed by atoms with Crippen LogP contribution >= 0.6 is 11.8 Å². The second-order valence-electron chi connectivity index (χ2n) is 5.73. The Balaban J connectivity index is 1.36. The second-order valence-corrected chi connectivity index (χ2v) is 6.88. The average molecular weight is 225 g/mol. The highest BCUT2D eigenvalue weighted by Gasteiger charge is 2.40. The number of thioether (sulfide) groups is 1. The van der Waals surface area contributed by atoms with Crippen molar-refractivity contribution in [3.63, 3.8) is 0 Å². The molecule has 1 atom stereocenters. The molecule has 0 radical (unpaired) electrons. The van der Waals surface area contributed by atoms with Crippen molar-refractivity contribution in [2.24, 2.45) is 23.7 Å². The lowest BCUT2D eigenvalue weighted by atomic mass is 9.97. The van der Waals surface area contributed by atoms with E-state index in [0.717, 1.165) is 23.7 Å². The molecule has 0 amide bonds. The zero-order valence-electron chi connectivity index (χ0n) is 9.58. The highest BCUT2D eigenvalue weighted by molar-refractivity contribution is 7.99. The van der Waals surface area contributed by atoms with Crippen LogP contribution in [0.15, 0.2) is 0 Å². The number of hydrogen-bond acceptors (Lipinski definition) is 2. The minimum Gasteiger partial charge on any atom is -0.316 e. The van der Waals surface area contributed by atoms with Crippen LogP contribution in [0.4, 0.5) is 0 Å². The van der Waals surface area contributed by atoms with E-state index in [1.807, 2.05) is 0 Å². The van der Waals surface area contributed by atoms with Crippen LogP contribution in [0.3, 0.4) is 0 Å². The van der Waals surface area contributed by atoms with Crippen molar-refractivity contribution in [2.45, 2.75) is 32.1 Å². The van der Waals surface area contributed by atoms with Gasteiger partial charge in [0.15, 0.2) is 0 Å². The Morgan fingerprint density at radius 3 is 2.33 bits per heavy atom. The van der Waals surface area contributed by atoms with Gasteiger partial charge < -0.3 is 5.32 Å². The monoisotopic (exact) mass is 225 g/mol. The molecule has 1 heterocycles. The molecule has 3 fully saturated rings. The summed E-state index contributed by atoms with van der Waals surface area (Å²) in [6.45, 7) is 2.62. The van der Waals surface area contributed by atoms with E-state index in [-0.39, 0.29) is 0 Å². The Labute approximate surface area is 97.8 Å². The van der Waals surface area contributed by atoms with E-state index < -0.39 is 0 Å². The minimum atomic E-state index is 0.981. The fourth-order valence-electron chi connectivity index (χ4n) is 2.97.